The fraction of sp³-hybridized carbons (Fsp3) is 0.333. The van der Waals surface area contributed by atoms with Gasteiger partial charge in [-0.1, -0.05) is 35.9 Å². The number of nitrogens with one attached hydrogen (secondary N) is 2. The van der Waals surface area contributed by atoms with Crippen LogP contribution < -0.4 is 20.1 Å². The van der Waals surface area contributed by atoms with Gasteiger partial charge in [-0.15, -0.1) is 0 Å². The topological polar surface area (TPSA) is 115 Å². The predicted molar refractivity (Wildman–Crippen MR) is 134 cm³/mol. The minimum Gasteiger partial charge on any atom is -0.454 e. The van der Waals surface area contributed by atoms with Gasteiger partial charge in [-0.2, -0.15) is 5.10 Å². The Morgan fingerprint density at radius 2 is 1.78 bits per heavy atom. The number of nitrogens with zero attached hydrogens (tertiary/aromatic N) is 3. The molecule has 3 amide bonds. The molecule has 2 aliphatic heterocycles. The molecule has 0 radical (unpaired) electrons. The number of amides is 3. The van der Waals surface area contributed by atoms with E-state index < -0.39 is 11.9 Å². The maximum absolute atomic E-state index is 13.2. The van der Waals surface area contributed by atoms with Gasteiger partial charge >= 0.3 is 0 Å². The summed E-state index contributed by atoms with van der Waals surface area (Å²) in [5, 5.41) is 9.83. The highest BCUT2D eigenvalue weighted by Crippen LogP contribution is 2.32. The summed E-state index contributed by atoms with van der Waals surface area (Å²) in [6.07, 6.45) is 0.728. The van der Waals surface area contributed by atoms with Crippen molar-refractivity contribution in [3.63, 3.8) is 0 Å². The zero-order valence-electron chi connectivity index (χ0n) is 20.8. The Morgan fingerprint density at radius 3 is 2.59 bits per heavy atom. The smallest absolute Gasteiger partial charge is 0.272 e. The van der Waals surface area contributed by atoms with Gasteiger partial charge in [0.1, 0.15) is 11.7 Å². The quantitative estimate of drug-likeness (QED) is 0.512. The second-order valence-electron chi connectivity index (χ2n) is 9.30. The van der Waals surface area contributed by atoms with E-state index in [1.165, 1.54) is 6.07 Å². The molecule has 1 atom stereocenters. The molecule has 3 heterocycles. The zero-order valence-corrected chi connectivity index (χ0v) is 20.8. The molecule has 0 bridgehead atoms. The third-order valence-corrected chi connectivity index (χ3v) is 6.46. The Balaban J connectivity index is 1.19. The third kappa shape index (κ3) is 5.42. The number of hydrogen-bond donors (Lipinski definition) is 2. The molecule has 2 aromatic carbocycles. The number of hydrogen-bond acceptors (Lipinski definition) is 6. The lowest BCUT2D eigenvalue weighted by molar-refractivity contribution is -0.122. The fourth-order valence-electron chi connectivity index (χ4n) is 4.34. The van der Waals surface area contributed by atoms with Gasteiger partial charge in [0.15, 0.2) is 17.2 Å². The first-order chi connectivity index (χ1) is 17.9. The third-order valence-electron chi connectivity index (χ3n) is 6.46. The highest BCUT2D eigenvalue weighted by atomic mass is 16.7. The predicted octanol–water partition coefficient (Wildman–Crippen LogP) is 2.40. The monoisotopic (exact) mass is 503 g/mol. The van der Waals surface area contributed by atoms with Crippen LogP contribution in [0.5, 0.6) is 11.5 Å². The molecule has 1 unspecified atom stereocenters. The van der Waals surface area contributed by atoms with Crippen LogP contribution in [0.1, 0.15) is 51.0 Å². The molecule has 0 saturated carbocycles. The lowest BCUT2D eigenvalue weighted by Gasteiger charge is -2.20. The molecule has 0 saturated heterocycles. The summed E-state index contributed by atoms with van der Waals surface area (Å²) in [5.74, 6) is 0.293. The van der Waals surface area contributed by atoms with Crippen LogP contribution in [0.3, 0.4) is 0 Å². The van der Waals surface area contributed by atoms with Crippen molar-refractivity contribution < 1.29 is 23.9 Å². The standard InChI is InChI=1S/C27H29N5O5/c1-17-4-6-19(7-5-17)15-31-10-3-11-32-22(27(31)35)13-21(30-32)26(34)29-18(2)25(33)28-14-20-8-9-23-24(12-20)37-16-36-23/h4-9,12-13,18H,3,10-11,14-16H2,1-2H3,(H,28,33)(H,29,34). The van der Waals surface area contributed by atoms with Gasteiger partial charge < -0.3 is 25.0 Å². The van der Waals surface area contributed by atoms with Crippen molar-refractivity contribution in [2.45, 2.75) is 45.9 Å². The highest BCUT2D eigenvalue weighted by Gasteiger charge is 2.27. The first kappa shape index (κ1) is 24.4. The molecule has 37 heavy (non-hydrogen) atoms. The van der Waals surface area contributed by atoms with Gasteiger partial charge in [-0.25, -0.2) is 0 Å². The second kappa shape index (κ2) is 10.3. The van der Waals surface area contributed by atoms with Crippen molar-refractivity contribution in [1.82, 2.24) is 25.3 Å². The van der Waals surface area contributed by atoms with Crippen molar-refractivity contribution in [2.24, 2.45) is 0 Å². The molecule has 1 aromatic heterocycles. The number of benzene rings is 2. The van der Waals surface area contributed by atoms with Crippen LogP contribution in [0.25, 0.3) is 0 Å². The van der Waals surface area contributed by atoms with E-state index in [0.29, 0.717) is 36.8 Å². The van der Waals surface area contributed by atoms with E-state index >= 15 is 0 Å². The van der Waals surface area contributed by atoms with Crippen molar-refractivity contribution in [1.29, 1.82) is 0 Å². The van der Waals surface area contributed by atoms with Crippen LogP contribution in [-0.4, -0.2) is 51.8 Å². The summed E-state index contributed by atoms with van der Waals surface area (Å²) < 4.78 is 12.2. The number of fused-ring (bicyclic) bond motifs is 2. The number of rotatable bonds is 7. The summed E-state index contributed by atoms with van der Waals surface area (Å²) in [5.41, 5.74) is 3.54. The van der Waals surface area contributed by atoms with Crippen molar-refractivity contribution in [3.05, 3.63) is 76.6 Å². The van der Waals surface area contributed by atoms with E-state index in [-0.39, 0.29) is 30.8 Å². The molecule has 0 fully saturated rings. The largest absolute Gasteiger partial charge is 0.454 e. The van der Waals surface area contributed by atoms with Gasteiger partial charge in [0.05, 0.1) is 0 Å². The Labute approximate surface area is 214 Å². The van der Waals surface area contributed by atoms with Gasteiger partial charge in [-0.3, -0.25) is 19.1 Å². The molecule has 0 aliphatic carbocycles. The van der Waals surface area contributed by atoms with E-state index in [1.807, 2.05) is 43.3 Å². The first-order valence-electron chi connectivity index (χ1n) is 12.3. The fourth-order valence-corrected chi connectivity index (χ4v) is 4.34. The Bertz CT molecular complexity index is 1330. The zero-order chi connectivity index (χ0) is 25.9. The molecule has 10 nitrogen and oxygen atoms in total. The minimum absolute atomic E-state index is 0.107. The van der Waals surface area contributed by atoms with E-state index in [9.17, 15) is 14.4 Å². The highest BCUT2D eigenvalue weighted by molar-refractivity contribution is 5.99. The van der Waals surface area contributed by atoms with E-state index in [1.54, 1.807) is 22.6 Å². The van der Waals surface area contributed by atoms with Crippen LogP contribution in [-0.2, 0) is 24.4 Å². The lowest BCUT2D eigenvalue weighted by atomic mass is 10.1. The minimum atomic E-state index is -0.795. The summed E-state index contributed by atoms with van der Waals surface area (Å²) in [7, 11) is 0. The average molecular weight is 504 g/mol. The van der Waals surface area contributed by atoms with Crippen LogP contribution in [0.2, 0.25) is 0 Å². The maximum Gasteiger partial charge on any atom is 0.272 e. The van der Waals surface area contributed by atoms with Gasteiger partial charge in [0.25, 0.3) is 11.8 Å². The molecular formula is C27H29N5O5. The molecular weight excluding hydrogens is 474 g/mol. The van der Waals surface area contributed by atoms with Crippen LogP contribution in [0, 0.1) is 6.92 Å². The van der Waals surface area contributed by atoms with Crippen LogP contribution >= 0.6 is 0 Å². The average Bonchev–Trinajstić information content (AvgIpc) is 3.51. The summed E-state index contributed by atoms with van der Waals surface area (Å²) in [4.78, 5) is 40.4. The van der Waals surface area contributed by atoms with E-state index in [2.05, 4.69) is 15.7 Å². The Kier molecular flexibility index (Phi) is 6.80. The van der Waals surface area contributed by atoms with Gasteiger partial charge in [0, 0.05) is 32.2 Å². The molecule has 10 heteroatoms. The molecule has 2 aliphatic rings. The summed E-state index contributed by atoms with van der Waals surface area (Å²) in [6, 6.07) is 14.2. The molecule has 2 N–H and O–H groups in total. The number of carbonyl (C=O) groups is 3. The van der Waals surface area contributed by atoms with Gasteiger partial charge in [0.2, 0.25) is 12.7 Å². The summed E-state index contributed by atoms with van der Waals surface area (Å²) in [6.45, 7) is 5.72. The number of aromatic nitrogens is 2. The lowest BCUT2D eigenvalue weighted by Crippen LogP contribution is -2.44. The maximum atomic E-state index is 13.2. The normalized spacial score (nSPS) is 15.1. The number of carbonyl (C=O) groups excluding carboxylic acids is 3. The Hall–Kier alpha value is -4.34. The molecule has 5 rings (SSSR count). The Morgan fingerprint density at radius 1 is 1.03 bits per heavy atom. The van der Waals surface area contributed by atoms with Gasteiger partial charge in [-0.05, 0) is 43.5 Å². The molecule has 192 valence electrons. The first-order valence-corrected chi connectivity index (χ1v) is 12.3. The van der Waals surface area contributed by atoms with Crippen LogP contribution in [0.4, 0.5) is 0 Å². The molecule has 3 aromatic rings. The summed E-state index contributed by atoms with van der Waals surface area (Å²) >= 11 is 0. The second-order valence-corrected chi connectivity index (χ2v) is 9.30. The SMILES string of the molecule is Cc1ccc(CN2CCCn3nc(C(=O)NC(C)C(=O)NCc4ccc5c(c4)OCO5)cc3C2=O)cc1. The van der Waals surface area contributed by atoms with E-state index in [0.717, 1.165) is 23.1 Å². The van der Waals surface area contributed by atoms with Crippen molar-refractivity contribution >= 4 is 17.7 Å². The number of aryl methyl sites for hydroxylation is 2. The number of ether oxygens (including phenoxy) is 2. The van der Waals surface area contributed by atoms with Crippen molar-refractivity contribution in [3.8, 4) is 11.5 Å². The molecule has 0 spiro atoms. The van der Waals surface area contributed by atoms with Crippen molar-refractivity contribution in [2.75, 3.05) is 13.3 Å². The van der Waals surface area contributed by atoms with E-state index in [4.69, 9.17) is 9.47 Å². The van der Waals surface area contributed by atoms with Crippen LogP contribution in [0.15, 0.2) is 48.5 Å².